The van der Waals surface area contributed by atoms with Crippen LogP contribution in [-0.4, -0.2) is 9.13 Å². The third-order valence-electron chi connectivity index (χ3n) is 13.2. The number of nitrogens with zero attached hydrogens (tertiary/aromatic N) is 2. The highest BCUT2D eigenvalue weighted by Crippen LogP contribution is 2.57. The molecule has 0 amide bonds. The Morgan fingerprint density at radius 2 is 0.810 bits per heavy atom. The minimum absolute atomic E-state index is 0.122. The van der Waals surface area contributed by atoms with Crippen LogP contribution in [0.5, 0.6) is 0 Å². The van der Waals surface area contributed by atoms with Crippen LogP contribution in [0.1, 0.15) is 92.4 Å². The average molecular weight is 739 g/mol. The van der Waals surface area contributed by atoms with Crippen molar-refractivity contribution in [2.24, 2.45) is 0 Å². The summed E-state index contributed by atoms with van der Waals surface area (Å²) in [5, 5.41) is 2.40. The first-order valence-electron chi connectivity index (χ1n) is 20.1. The summed E-state index contributed by atoms with van der Waals surface area (Å²) in [4.78, 5) is 0. The zero-order chi connectivity index (χ0) is 39.1. The van der Waals surface area contributed by atoms with Gasteiger partial charge in [0, 0.05) is 57.9 Å². The molecular weight excluding hydrogens is 701 g/mol. The molecule has 2 heteroatoms. The van der Waals surface area contributed by atoms with E-state index < -0.39 is 0 Å². The second-order valence-corrected chi connectivity index (χ2v) is 15.9. The summed E-state index contributed by atoms with van der Waals surface area (Å²) in [6.07, 6.45) is 26.0. The van der Waals surface area contributed by atoms with Crippen molar-refractivity contribution in [3.05, 3.63) is 189 Å². The summed E-state index contributed by atoms with van der Waals surface area (Å²) in [5.41, 5.74) is 19.9. The Kier molecular flexibility index (Phi) is 7.67. The summed E-state index contributed by atoms with van der Waals surface area (Å²) in [6.45, 7) is 0.883. The number of benzene rings is 6. The fraction of sp³-hybridized carbons (Fsp3) is 0.143. The molecule has 0 bridgehead atoms. The molecule has 0 radical (unpaired) electrons. The van der Waals surface area contributed by atoms with E-state index in [1.54, 1.807) is 0 Å². The smallest absolute Gasteiger partial charge is 0.0838 e. The molecule has 11 rings (SSSR count). The van der Waals surface area contributed by atoms with Crippen molar-refractivity contribution in [1.82, 2.24) is 9.13 Å². The van der Waals surface area contributed by atoms with Gasteiger partial charge in [0.2, 0.25) is 0 Å². The van der Waals surface area contributed by atoms with Gasteiger partial charge in [-0.1, -0.05) is 133 Å². The van der Waals surface area contributed by atoms with Crippen molar-refractivity contribution in [1.29, 1.82) is 0 Å². The highest BCUT2D eigenvalue weighted by molar-refractivity contribution is 5.95. The first kappa shape index (κ1) is 33.9. The van der Waals surface area contributed by atoms with Crippen LogP contribution in [0.2, 0.25) is 0 Å². The molecule has 0 spiro atoms. The van der Waals surface area contributed by atoms with Gasteiger partial charge in [-0.05, 0) is 78.9 Å². The van der Waals surface area contributed by atoms with Crippen LogP contribution in [0.4, 0.5) is 0 Å². The van der Waals surface area contributed by atoms with Crippen molar-refractivity contribution in [2.75, 3.05) is 0 Å². The first-order valence-corrected chi connectivity index (χ1v) is 20.1. The second kappa shape index (κ2) is 13.1. The molecule has 0 aliphatic heterocycles. The van der Waals surface area contributed by atoms with Gasteiger partial charge in [-0.3, -0.25) is 0 Å². The molecule has 272 valence electrons. The molecule has 4 unspecified atom stereocenters. The van der Waals surface area contributed by atoms with Crippen LogP contribution in [0, 0.1) is 49.4 Å². The van der Waals surface area contributed by atoms with Crippen LogP contribution in [0.25, 0.3) is 44.1 Å². The molecule has 2 nitrogen and oxygen atoms in total. The van der Waals surface area contributed by atoms with E-state index in [9.17, 15) is 0 Å². The Hall–Kier alpha value is -7.36. The van der Waals surface area contributed by atoms with Crippen molar-refractivity contribution in [3.8, 4) is 71.6 Å². The lowest BCUT2D eigenvalue weighted by atomic mass is 9.71. The Labute approximate surface area is 340 Å². The highest BCUT2D eigenvalue weighted by Gasteiger charge is 2.44. The van der Waals surface area contributed by atoms with Gasteiger partial charge in [0.05, 0.1) is 24.9 Å². The largest absolute Gasteiger partial charge is 0.332 e. The monoisotopic (exact) mass is 738 g/mol. The summed E-state index contributed by atoms with van der Waals surface area (Å²) < 4.78 is 4.81. The van der Waals surface area contributed by atoms with Gasteiger partial charge in [-0.15, -0.1) is 37.5 Å². The third-order valence-corrected chi connectivity index (χ3v) is 13.2. The maximum atomic E-state index is 6.29. The van der Waals surface area contributed by atoms with E-state index in [-0.39, 0.29) is 23.7 Å². The SMILES string of the molecule is C#CCC1c2ccccc2-c2ccc(C3c4c(n(CC#C)c5ccccc45)C(c4ccc5c(c4)C(CC#C)c4ccccc4-5)c4c3n(CC#C)c3ccccc43)cc21. The van der Waals surface area contributed by atoms with Gasteiger partial charge in [0.15, 0.2) is 0 Å². The predicted molar refractivity (Wildman–Crippen MR) is 238 cm³/mol. The lowest BCUT2D eigenvalue weighted by molar-refractivity contribution is 0.686. The van der Waals surface area contributed by atoms with Crippen LogP contribution >= 0.6 is 0 Å². The minimum Gasteiger partial charge on any atom is -0.332 e. The lowest BCUT2D eigenvalue weighted by Gasteiger charge is -2.34. The first-order chi connectivity index (χ1) is 28.7. The number of hydrogen-bond acceptors (Lipinski definition) is 0. The van der Waals surface area contributed by atoms with Crippen LogP contribution in [0.3, 0.4) is 0 Å². The van der Waals surface area contributed by atoms with E-state index >= 15 is 0 Å². The fourth-order valence-electron chi connectivity index (χ4n) is 11.1. The highest BCUT2D eigenvalue weighted by atomic mass is 15.0. The molecule has 0 saturated heterocycles. The molecular formula is C56H38N2. The Bertz CT molecular complexity index is 2990. The summed E-state index contributed by atoms with van der Waals surface area (Å²) >= 11 is 0. The molecule has 3 aliphatic rings. The second-order valence-electron chi connectivity index (χ2n) is 15.9. The molecule has 6 aromatic carbocycles. The maximum Gasteiger partial charge on any atom is 0.0838 e. The zero-order valence-electron chi connectivity index (χ0n) is 32.0. The van der Waals surface area contributed by atoms with Crippen molar-refractivity contribution < 1.29 is 0 Å². The van der Waals surface area contributed by atoms with Gasteiger partial charge in [0.25, 0.3) is 0 Å². The van der Waals surface area contributed by atoms with E-state index in [4.69, 9.17) is 25.7 Å². The Balaban J connectivity index is 1.24. The van der Waals surface area contributed by atoms with Crippen LogP contribution < -0.4 is 0 Å². The van der Waals surface area contributed by atoms with Crippen molar-refractivity contribution in [2.45, 2.75) is 49.6 Å². The fourth-order valence-corrected chi connectivity index (χ4v) is 11.1. The number of terminal acetylenes is 4. The normalized spacial score (nSPS) is 17.9. The molecule has 0 fully saturated rings. The van der Waals surface area contributed by atoms with Crippen LogP contribution in [0.15, 0.2) is 133 Å². The number of para-hydroxylation sites is 2. The minimum atomic E-state index is -0.140. The summed E-state index contributed by atoms with van der Waals surface area (Å²) in [5.74, 6) is 12.1. The predicted octanol–water partition coefficient (Wildman–Crippen LogP) is 11.8. The van der Waals surface area contributed by atoms with Gasteiger partial charge in [-0.25, -0.2) is 0 Å². The number of fused-ring (bicyclic) bond motifs is 12. The quantitative estimate of drug-likeness (QED) is 0.150. The summed E-state index contributed by atoms with van der Waals surface area (Å²) in [7, 11) is 0. The molecule has 0 saturated carbocycles. The lowest BCUT2D eigenvalue weighted by Crippen LogP contribution is -2.24. The van der Waals surface area contributed by atoms with Crippen molar-refractivity contribution >= 4 is 21.8 Å². The molecule has 8 aromatic rings. The average Bonchev–Trinajstić information content (AvgIpc) is 3.97. The summed E-state index contributed by atoms with van der Waals surface area (Å²) in [6, 6.07) is 49.2. The molecule has 3 aliphatic carbocycles. The van der Waals surface area contributed by atoms with Gasteiger partial charge < -0.3 is 9.13 Å². The Morgan fingerprint density at radius 1 is 0.414 bits per heavy atom. The number of rotatable bonds is 6. The van der Waals surface area contributed by atoms with E-state index in [0.717, 1.165) is 11.0 Å². The van der Waals surface area contributed by atoms with Gasteiger partial charge >= 0.3 is 0 Å². The van der Waals surface area contributed by atoms with Crippen molar-refractivity contribution in [3.63, 3.8) is 0 Å². The molecule has 2 aromatic heterocycles. The standard InChI is InChI=1S/C56H38N2/c1-5-17-37-39-19-9-11-21-41(39)43-29-27-35(33-47(37)43)51-53-45-23-13-15-25-49(45)58(32-8-4)56(53)52(54-46-24-14-16-26-50(46)57(31-7-3)55(51)54)36-28-30-44-42-22-12-10-20-40(42)38(18-6-2)48(44)34-36/h1-4,9-16,19-30,33-34,37-38,51-52H,17-18,31-32H2. The zero-order valence-corrected chi connectivity index (χ0v) is 32.0. The van der Waals surface area contributed by atoms with E-state index in [2.05, 4.69) is 166 Å². The van der Waals surface area contributed by atoms with Gasteiger partial charge in [0.1, 0.15) is 0 Å². The van der Waals surface area contributed by atoms with E-state index in [0.29, 0.717) is 25.9 Å². The molecule has 2 heterocycles. The maximum absolute atomic E-state index is 6.29. The van der Waals surface area contributed by atoms with Gasteiger partial charge in [-0.2, -0.15) is 0 Å². The van der Waals surface area contributed by atoms with E-state index in [1.165, 1.54) is 88.9 Å². The number of hydrogen-bond donors (Lipinski definition) is 0. The number of aromatic nitrogens is 2. The molecule has 0 N–H and O–H groups in total. The topological polar surface area (TPSA) is 9.86 Å². The third kappa shape index (κ3) is 4.62. The molecule has 58 heavy (non-hydrogen) atoms. The van der Waals surface area contributed by atoms with Crippen LogP contribution in [-0.2, 0) is 13.1 Å². The molecule has 4 atom stereocenters. The Morgan fingerprint density at radius 3 is 1.24 bits per heavy atom. The van der Waals surface area contributed by atoms with E-state index in [1.807, 2.05) is 0 Å².